The highest BCUT2D eigenvalue weighted by Gasteiger charge is 2.29. The normalized spacial score (nSPS) is 18.2. The fraction of sp³-hybridized carbons (Fsp3) is 0.361. The number of benzene rings is 4. The standard InChI is InChI=1S/C36H40O3/c1-4-5-25-6-7-30-20-32(14-12-28(30)18-25)34-17-16-31-19-29(13-15-33(31)21-34)26-8-10-27(11-9-26)35(22-37)23-39-36(38)24(2)3/h6-7,12-21,26-27,35,37H,2,4-5,8-11,22-23H2,1,3H3. The molecule has 5 rings (SSSR count). The lowest BCUT2D eigenvalue weighted by molar-refractivity contribution is -0.141. The number of aliphatic hydroxyl groups excluding tert-OH is 1. The molecule has 4 aromatic carbocycles. The van der Waals surface area contributed by atoms with Crippen molar-refractivity contribution >= 4 is 27.5 Å². The van der Waals surface area contributed by atoms with Crippen molar-refractivity contribution in [3.63, 3.8) is 0 Å². The predicted molar refractivity (Wildman–Crippen MR) is 162 cm³/mol. The van der Waals surface area contributed by atoms with Crippen molar-refractivity contribution in [1.29, 1.82) is 0 Å². The number of ether oxygens (including phenoxy) is 1. The van der Waals surface area contributed by atoms with Crippen LogP contribution in [0.25, 0.3) is 32.7 Å². The number of aryl methyl sites for hydroxylation is 1. The number of esters is 1. The molecule has 3 nitrogen and oxygen atoms in total. The van der Waals surface area contributed by atoms with Gasteiger partial charge in [0.15, 0.2) is 0 Å². The molecule has 1 fully saturated rings. The predicted octanol–water partition coefficient (Wildman–Crippen LogP) is 8.61. The Hall–Kier alpha value is -3.43. The second-order valence-electron chi connectivity index (χ2n) is 11.4. The molecule has 39 heavy (non-hydrogen) atoms. The van der Waals surface area contributed by atoms with Crippen LogP contribution in [0.5, 0.6) is 0 Å². The van der Waals surface area contributed by atoms with Gasteiger partial charge in [0.1, 0.15) is 0 Å². The highest BCUT2D eigenvalue weighted by atomic mass is 16.5. The maximum absolute atomic E-state index is 11.8. The Morgan fingerprint density at radius 3 is 2.08 bits per heavy atom. The van der Waals surface area contributed by atoms with Crippen LogP contribution in [0.1, 0.15) is 63.0 Å². The second kappa shape index (κ2) is 12.2. The minimum absolute atomic E-state index is 0.00206. The minimum Gasteiger partial charge on any atom is -0.462 e. The molecule has 202 valence electrons. The van der Waals surface area contributed by atoms with E-state index in [4.69, 9.17) is 4.74 Å². The highest BCUT2D eigenvalue weighted by molar-refractivity contribution is 5.92. The van der Waals surface area contributed by atoms with E-state index < -0.39 is 0 Å². The van der Waals surface area contributed by atoms with E-state index in [2.05, 4.69) is 86.3 Å². The highest BCUT2D eigenvalue weighted by Crippen LogP contribution is 2.40. The third-order valence-electron chi connectivity index (χ3n) is 8.56. The average molecular weight is 521 g/mol. The first-order valence-corrected chi connectivity index (χ1v) is 14.5. The Morgan fingerprint density at radius 2 is 1.46 bits per heavy atom. The summed E-state index contributed by atoms with van der Waals surface area (Å²) in [6.45, 7) is 7.83. The van der Waals surface area contributed by atoms with E-state index in [0.29, 0.717) is 17.4 Å². The molecule has 0 bridgehead atoms. The van der Waals surface area contributed by atoms with E-state index in [1.807, 2.05) is 0 Å². The summed E-state index contributed by atoms with van der Waals surface area (Å²) in [6.07, 6.45) is 6.57. The number of hydrogen-bond donors (Lipinski definition) is 1. The Morgan fingerprint density at radius 1 is 0.872 bits per heavy atom. The summed E-state index contributed by atoms with van der Waals surface area (Å²) in [6, 6.07) is 27.4. The van der Waals surface area contributed by atoms with Crippen LogP contribution in [0.15, 0.2) is 84.9 Å². The monoisotopic (exact) mass is 520 g/mol. The first kappa shape index (κ1) is 27.1. The van der Waals surface area contributed by atoms with Crippen LogP contribution >= 0.6 is 0 Å². The lowest BCUT2D eigenvalue weighted by Gasteiger charge is -2.33. The van der Waals surface area contributed by atoms with Gasteiger partial charge in [-0.15, -0.1) is 0 Å². The molecule has 0 spiro atoms. The number of carbonyl (C=O) groups is 1. The Bertz CT molecular complexity index is 1480. The van der Waals surface area contributed by atoms with Gasteiger partial charge in [-0.1, -0.05) is 80.6 Å². The Balaban J connectivity index is 1.26. The zero-order chi connectivity index (χ0) is 27.4. The van der Waals surface area contributed by atoms with Crippen molar-refractivity contribution < 1.29 is 14.6 Å². The molecule has 1 saturated carbocycles. The van der Waals surface area contributed by atoms with Crippen molar-refractivity contribution in [3.8, 4) is 11.1 Å². The van der Waals surface area contributed by atoms with Gasteiger partial charge < -0.3 is 9.84 Å². The number of hydrogen-bond acceptors (Lipinski definition) is 3. The molecule has 1 N–H and O–H groups in total. The van der Waals surface area contributed by atoms with Crippen molar-refractivity contribution in [2.75, 3.05) is 13.2 Å². The van der Waals surface area contributed by atoms with Gasteiger partial charge in [-0.2, -0.15) is 0 Å². The van der Waals surface area contributed by atoms with Crippen molar-refractivity contribution in [2.45, 2.75) is 58.3 Å². The SMILES string of the molecule is C=C(C)C(=O)OCC(CO)C1CCC(c2ccc3cc(-c4ccc5cc(CCC)ccc5c4)ccc3c2)CC1. The molecule has 0 heterocycles. The number of carbonyl (C=O) groups excluding carboxylic acids is 1. The Kier molecular flexibility index (Phi) is 8.47. The lowest BCUT2D eigenvalue weighted by Crippen LogP contribution is -2.28. The van der Waals surface area contributed by atoms with Crippen LogP contribution in [0.3, 0.4) is 0 Å². The molecule has 1 atom stereocenters. The van der Waals surface area contributed by atoms with Gasteiger partial charge in [0.2, 0.25) is 0 Å². The lowest BCUT2D eigenvalue weighted by atomic mass is 9.74. The van der Waals surface area contributed by atoms with Crippen molar-refractivity contribution in [2.24, 2.45) is 11.8 Å². The van der Waals surface area contributed by atoms with Gasteiger partial charge in [-0.05, 0) is 107 Å². The van der Waals surface area contributed by atoms with E-state index in [-0.39, 0.29) is 25.1 Å². The first-order chi connectivity index (χ1) is 18.9. The fourth-order valence-corrected chi connectivity index (χ4v) is 6.18. The summed E-state index contributed by atoms with van der Waals surface area (Å²) in [5.74, 6) is 0.536. The molecule has 1 aliphatic rings. The van der Waals surface area contributed by atoms with E-state index >= 15 is 0 Å². The third-order valence-corrected chi connectivity index (χ3v) is 8.56. The van der Waals surface area contributed by atoms with Crippen LogP contribution in [-0.2, 0) is 16.0 Å². The van der Waals surface area contributed by atoms with Gasteiger partial charge >= 0.3 is 5.97 Å². The fourth-order valence-electron chi connectivity index (χ4n) is 6.18. The largest absolute Gasteiger partial charge is 0.462 e. The summed E-state index contributed by atoms with van der Waals surface area (Å²) in [4.78, 5) is 11.8. The van der Waals surface area contributed by atoms with E-state index in [1.54, 1.807) is 6.92 Å². The smallest absolute Gasteiger partial charge is 0.333 e. The quantitative estimate of drug-likeness (QED) is 0.177. The number of rotatable bonds is 9. The van der Waals surface area contributed by atoms with Gasteiger partial charge in [0.05, 0.1) is 6.61 Å². The average Bonchev–Trinajstić information content (AvgIpc) is 2.97. The van der Waals surface area contributed by atoms with Crippen LogP contribution in [0, 0.1) is 11.8 Å². The zero-order valence-electron chi connectivity index (χ0n) is 23.3. The molecular weight excluding hydrogens is 480 g/mol. The third kappa shape index (κ3) is 6.25. The maximum Gasteiger partial charge on any atom is 0.333 e. The van der Waals surface area contributed by atoms with Gasteiger partial charge in [-0.25, -0.2) is 4.79 Å². The Labute approximate surface area is 232 Å². The molecule has 0 radical (unpaired) electrons. The van der Waals surface area contributed by atoms with Crippen LogP contribution in [0.2, 0.25) is 0 Å². The second-order valence-corrected chi connectivity index (χ2v) is 11.4. The maximum atomic E-state index is 11.8. The summed E-state index contributed by atoms with van der Waals surface area (Å²) in [5, 5.41) is 15.0. The van der Waals surface area contributed by atoms with E-state index in [1.165, 1.54) is 50.2 Å². The minimum atomic E-state index is -0.372. The van der Waals surface area contributed by atoms with Crippen LogP contribution < -0.4 is 0 Å². The molecule has 4 aromatic rings. The van der Waals surface area contributed by atoms with Crippen molar-refractivity contribution in [1.82, 2.24) is 0 Å². The molecule has 0 amide bonds. The van der Waals surface area contributed by atoms with Crippen molar-refractivity contribution in [3.05, 3.63) is 96.1 Å². The molecule has 1 unspecified atom stereocenters. The first-order valence-electron chi connectivity index (χ1n) is 14.5. The molecule has 1 aliphatic carbocycles. The molecular formula is C36H40O3. The molecule has 0 aliphatic heterocycles. The topological polar surface area (TPSA) is 46.5 Å². The summed E-state index contributed by atoms with van der Waals surface area (Å²) >= 11 is 0. The van der Waals surface area contributed by atoms with Crippen LogP contribution in [-0.4, -0.2) is 24.3 Å². The molecule has 3 heteroatoms. The number of fused-ring (bicyclic) bond motifs is 2. The van der Waals surface area contributed by atoms with Crippen LogP contribution in [0.4, 0.5) is 0 Å². The summed E-state index contributed by atoms with van der Waals surface area (Å²) in [5.41, 5.74) is 5.71. The number of aliphatic hydroxyl groups is 1. The molecule has 0 saturated heterocycles. The summed E-state index contributed by atoms with van der Waals surface area (Å²) < 4.78 is 5.35. The molecule has 0 aromatic heterocycles. The van der Waals surface area contributed by atoms with Gasteiger partial charge in [0.25, 0.3) is 0 Å². The van der Waals surface area contributed by atoms with Gasteiger partial charge in [-0.3, -0.25) is 0 Å². The van der Waals surface area contributed by atoms with Gasteiger partial charge in [0, 0.05) is 18.1 Å². The van der Waals surface area contributed by atoms with E-state index in [0.717, 1.165) is 32.1 Å². The van der Waals surface area contributed by atoms with E-state index in [9.17, 15) is 9.90 Å². The zero-order valence-corrected chi connectivity index (χ0v) is 23.3. The summed E-state index contributed by atoms with van der Waals surface area (Å²) in [7, 11) is 0.